The van der Waals surface area contributed by atoms with Gasteiger partial charge >= 0.3 is 0 Å². The molecule has 0 aromatic heterocycles. The fourth-order valence-corrected chi connectivity index (χ4v) is 2.63. The van der Waals surface area contributed by atoms with Crippen LogP contribution in [0.4, 0.5) is 5.69 Å². The lowest BCUT2D eigenvalue weighted by molar-refractivity contribution is 0.0940. The zero-order valence-corrected chi connectivity index (χ0v) is 13.3. The van der Waals surface area contributed by atoms with Crippen LogP contribution in [0.5, 0.6) is 0 Å². The van der Waals surface area contributed by atoms with Gasteiger partial charge in [-0.2, -0.15) is 0 Å². The standard InChI is InChI=1S/C16H16Cl2N2O/c1-9-5-3-4-6-12(9)10(2)20-16(21)11-7-13(17)15(19)14(18)8-11/h3-8,10H,19H2,1-2H3,(H,20,21)/t10-/m0/s1. The summed E-state index contributed by atoms with van der Waals surface area (Å²) in [7, 11) is 0. The molecule has 0 saturated carbocycles. The number of aryl methyl sites for hydroxylation is 1. The number of anilines is 1. The summed E-state index contributed by atoms with van der Waals surface area (Å²) in [6.45, 7) is 3.94. The van der Waals surface area contributed by atoms with Crippen molar-refractivity contribution >= 4 is 34.8 Å². The fourth-order valence-electron chi connectivity index (χ4n) is 2.15. The lowest BCUT2D eigenvalue weighted by Crippen LogP contribution is -2.27. The molecule has 0 fully saturated rings. The van der Waals surface area contributed by atoms with E-state index in [1.165, 1.54) is 12.1 Å². The number of nitrogens with one attached hydrogen (secondary N) is 1. The number of nitrogen functional groups attached to an aromatic ring is 1. The minimum Gasteiger partial charge on any atom is -0.396 e. The van der Waals surface area contributed by atoms with Crippen LogP contribution in [0.15, 0.2) is 36.4 Å². The average Bonchev–Trinajstić information content (AvgIpc) is 2.44. The van der Waals surface area contributed by atoms with Crippen molar-refractivity contribution < 1.29 is 4.79 Å². The Morgan fingerprint density at radius 2 is 1.76 bits per heavy atom. The number of hydrogen-bond acceptors (Lipinski definition) is 2. The molecule has 0 heterocycles. The van der Waals surface area contributed by atoms with Crippen molar-refractivity contribution in [3.63, 3.8) is 0 Å². The summed E-state index contributed by atoms with van der Waals surface area (Å²) in [4.78, 5) is 12.3. The second kappa shape index (κ2) is 6.37. The number of carbonyl (C=O) groups is 1. The van der Waals surface area contributed by atoms with E-state index in [-0.39, 0.29) is 27.7 Å². The van der Waals surface area contributed by atoms with E-state index in [9.17, 15) is 4.79 Å². The van der Waals surface area contributed by atoms with Crippen molar-refractivity contribution in [2.45, 2.75) is 19.9 Å². The third kappa shape index (κ3) is 3.49. The molecule has 3 N–H and O–H groups in total. The van der Waals surface area contributed by atoms with Crippen molar-refractivity contribution in [1.82, 2.24) is 5.32 Å². The van der Waals surface area contributed by atoms with E-state index in [2.05, 4.69) is 5.32 Å². The summed E-state index contributed by atoms with van der Waals surface area (Å²) < 4.78 is 0. The maximum atomic E-state index is 12.3. The van der Waals surface area contributed by atoms with Crippen LogP contribution < -0.4 is 11.1 Å². The molecule has 2 rings (SSSR count). The molecule has 0 saturated heterocycles. The van der Waals surface area contributed by atoms with E-state index < -0.39 is 0 Å². The van der Waals surface area contributed by atoms with Crippen LogP contribution in [0.25, 0.3) is 0 Å². The minimum atomic E-state index is -0.241. The molecule has 0 bridgehead atoms. The summed E-state index contributed by atoms with van der Waals surface area (Å²) in [5.41, 5.74) is 8.53. The van der Waals surface area contributed by atoms with E-state index in [4.69, 9.17) is 28.9 Å². The Bertz CT molecular complexity index is 663. The SMILES string of the molecule is Cc1ccccc1[C@H](C)NC(=O)c1cc(Cl)c(N)c(Cl)c1. The predicted molar refractivity (Wildman–Crippen MR) is 87.9 cm³/mol. The van der Waals surface area contributed by atoms with E-state index in [1.807, 2.05) is 38.1 Å². The lowest BCUT2D eigenvalue weighted by atomic mass is 10.0. The third-order valence-electron chi connectivity index (χ3n) is 3.34. The van der Waals surface area contributed by atoms with Gasteiger partial charge < -0.3 is 11.1 Å². The Kier molecular flexibility index (Phi) is 4.76. The van der Waals surface area contributed by atoms with E-state index in [0.717, 1.165) is 11.1 Å². The van der Waals surface area contributed by atoms with Gasteiger partial charge in [0.1, 0.15) is 0 Å². The smallest absolute Gasteiger partial charge is 0.251 e. The quantitative estimate of drug-likeness (QED) is 0.824. The summed E-state index contributed by atoms with van der Waals surface area (Å²) in [6, 6.07) is 10.8. The third-order valence-corrected chi connectivity index (χ3v) is 3.97. The molecular weight excluding hydrogens is 307 g/mol. The summed E-state index contributed by atoms with van der Waals surface area (Å²) in [6.07, 6.45) is 0. The molecule has 2 aromatic rings. The van der Waals surface area contributed by atoms with Gasteiger partial charge in [-0.3, -0.25) is 4.79 Å². The average molecular weight is 323 g/mol. The van der Waals surface area contributed by atoms with Gasteiger partial charge in [-0.1, -0.05) is 47.5 Å². The number of amides is 1. The van der Waals surface area contributed by atoms with Crippen molar-refractivity contribution in [2.24, 2.45) is 0 Å². The number of hydrogen-bond donors (Lipinski definition) is 2. The van der Waals surface area contributed by atoms with Crippen LogP contribution in [0.2, 0.25) is 10.0 Å². The van der Waals surface area contributed by atoms with Crippen LogP contribution in [-0.2, 0) is 0 Å². The first kappa shape index (κ1) is 15.7. The second-order valence-electron chi connectivity index (χ2n) is 4.91. The first-order valence-electron chi connectivity index (χ1n) is 6.51. The largest absolute Gasteiger partial charge is 0.396 e. The monoisotopic (exact) mass is 322 g/mol. The van der Waals surface area contributed by atoms with Crippen LogP contribution >= 0.6 is 23.2 Å². The maximum Gasteiger partial charge on any atom is 0.251 e. The van der Waals surface area contributed by atoms with Crippen LogP contribution in [0.3, 0.4) is 0 Å². The maximum absolute atomic E-state index is 12.3. The van der Waals surface area contributed by atoms with Crippen LogP contribution in [0.1, 0.15) is 34.5 Å². The number of benzene rings is 2. The Morgan fingerprint density at radius 1 is 1.19 bits per heavy atom. The minimum absolute atomic E-state index is 0.117. The van der Waals surface area contributed by atoms with E-state index >= 15 is 0 Å². The molecule has 1 atom stereocenters. The summed E-state index contributed by atoms with van der Waals surface area (Å²) in [5.74, 6) is -0.241. The van der Waals surface area contributed by atoms with Gasteiger partial charge in [0.2, 0.25) is 0 Å². The number of halogens is 2. The van der Waals surface area contributed by atoms with Gasteiger partial charge in [0.25, 0.3) is 5.91 Å². The zero-order valence-electron chi connectivity index (χ0n) is 11.8. The molecular formula is C16H16Cl2N2O. The highest BCUT2D eigenvalue weighted by Gasteiger charge is 2.15. The van der Waals surface area contributed by atoms with Crippen molar-refractivity contribution in [2.75, 3.05) is 5.73 Å². The molecule has 0 aliphatic rings. The number of nitrogens with two attached hydrogens (primary N) is 1. The zero-order chi connectivity index (χ0) is 15.6. The molecule has 110 valence electrons. The molecule has 21 heavy (non-hydrogen) atoms. The molecule has 0 unspecified atom stereocenters. The van der Waals surface area contributed by atoms with Crippen molar-refractivity contribution in [3.05, 3.63) is 63.1 Å². The van der Waals surface area contributed by atoms with Gasteiger partial charge in [-0.15, -0.1) is 0 Å². The highest BCUT2D eigenvalue weighted by molar-refractivity contribution is 6.39. The Labute approximate surface area is 134 Å². The van der Waals surface area contributed by atoms with Gasteiger partial charge in [0.15, 0.2) is 0 Å². The molecule has 1 amide bonds. The Balaban J connectivity index is 2.20. The fraction of sp³-hybridized carbons (Fsp3) is 0.188. The second-order valence-corrected chi connectivity index (χ2v) is 5.72. The van der Waals surface area contributed by atoms with Crippen LogP contribution in [-0.4, -0.2) is 5.91 Å². The summed E-state index contributed by atoms with van der Waals surface area (Å²) in [5, 5.41) is 3.48. The first-order valence-corrected chi connectivity index (χ1v) is 7.26. The Hall–Kier alpha value is -1.71. The Morgan fingerprint density at radius 3 is 2.33 bits per heavy atom. The van der Waals surface area contributed by atoms with Crippen molar-refractivity contribution in [3.8, 4) is 0 Å². The highest BCUT2D eigenvalue weighted by Crippen LogP contribution is 2.29. The normalized spacial score (nSPS) is 12.0. The number of carbonyl (C=O) groups excluding carboxylic acids is 1. The van der Waals surface area contributed by atoms with Crippen LogP contribution in [0, 0.1) is 6.92 Å². The molecule has 5 heteroatoms. The highest BCUT2D eigenvalue weighted by atomic mass is 35.5. The molecule has 0 aliphatic carbocycles. The molecule has 0 aliphatic heterocycles. The van der Waals surface area contributed by atoms with E-state index in [0.29, 0.717) is 5.56 Å². The number of rotatable bonds is 3. The topological polar surface area (TPSA) is 55.1 Å². The molecule has 3 nitrogen and oxygen atoms in total. The predicted octanol–water partition coefficient (Wildman–Crippen LogP) is 4.38. The summed E-state index contributed by atoms with van der Waals surface area (Å²) >= 11 is 11.9. The van der Waals surface area contributed by atoms with E-state index in [1.54, 1.807) is 0 Å². The van der Waals surface area contributed by atoms with Gasteiger partial charge in [-0.25, -0.2) is 0 Å². The molecule has 2 aromatic carbocycles. The molecule has 0 spiro atoms. The van der Waals surface area contributed by atoms with Gasteiger partial charge in [-0.05, 0) is 37.1 Å². The lowest BCUT2D eigenvalue weighted by Gasteiger charge is -2.17. The molecule has 0 radical (unpaired) electrons. The van der Waals surface area contributed by atoms with Gasteiger partial charge in [0.05, 0.1) is 21.8 Å². The van der Waals surface area contributed by atoms with Gasteiger partial charge in [0, 0.05) is 5.56 Å². The first-order chi connectivity index (χ1) is 9.90. The van der Waals surface area contributed by atoms with Crippen molar-refractivity contribution in [1.29, 1.82) is 0 Å².